The summed E-state index contributed by atoms with van der Waals surface area (Å²) in [6, 6.07) is 5.14. The Morgan fingerprint density at radius 1 is 1.14 bits per heavy atom. The molecule has 0 fully saturated rings. The molecule has 0 unspecified atom stereocenters. The Hall–Kier alpha value is -3.40. The number of aromatic nitrogens is 1. The fraction of sp³-hybridized carbons (Fsp3) is 0.333. The SMILES string of the molecule is N[C@@H](CCC(=O)O)C(=O)NCC(=O)N[C@@H](Cc1c[nH]c2ccccc12)C(=O)O. The molecule has 2 rings (SSSR count). The van der Waals surface area contributed by atoms with Crippen molar-refractivity contribution in [3.63, 3.8) is 0 Å². The van der Waals surface area contributed by atoms with Crippen LogP contribution in [-0.4, -0.2) is 57.6 Å². The quantitative estimate of drug-likeness (QED) is 0.319. The predicted octanol–water partition coefficient (Wildman–Crippen LogP) is -0.412. The minimum absolute atomic E-state index is 0.0666. The number of carbonyl (C=O) groups is 4. The molecule has 2 atom stereocenters. The fourth-order valence-corrected chi connectivity index (χ4v) is 2.67. The summed E-state index contributed by atoms with van der Waals surface area (Å²) >= 11 is 0. The summed E-state index contributed by atoms with van der Waals surface area (Å²) < 4.78 is 0. The lowest BCUT2D eigenvalue weighted by Gasteiger charge is -2.15. The summed E-state index contributed by atoms with van der Waals surface area (Å²) in [5.74, 6) is -3.66. The van der Waals surface area contributed by atoms with Crippen LogP contribution in [0, 0.1) is 0 Å². The molecular formula is C18H22N4O6. The number of aliphatic carboxylic acids is 2. The van der Waals surface area contributed by atoms with Gasteiger partial charge in [0, 0.05) is 29.9 Å². The molecule has 1 aromatic heterocycles. The van der Waals surface area contributed by atoms with E-state index in [1.807, 2.05) is 24.3 Å². The van der Waals surface area contributed by atoms with Crippen LogP contribution in [0.5, 0.6) is 0 Å². The van der Waals surface area contributed by atoms with Crippen molar-refractivity contribution in [3.05, 3.63) is 36.0 Å². The van der Waals surface area contributed by atoms with E-state index in [1.165, 1.54) is 0 Å². The second-order valence-corrected chi connectivity index (χ2v) is 6.28. The number of fused-ring (bicyclic) bond motifs is 1. The number of para-hydroxylation sites is 1. The van der Waals surface area contributed by atoms with E-state index in [-0.39, 0.29) is 19.3 Å². The van der Waals surface area contributed by atoms with Crippen LogP contribution >= 0.6 is 0 Å². The molecule has 0 saturated carbocycles. The van der Waals surface area contributed by atoms with Crippen molar-refractivity contribution in [2.45, 2.75) is 31.3 Å². The summed E-state index contributed by atoms with van der Waals surface area (Å²) in [5, 5.41) is 23.5. The summed E-state index contributed by atoms with van der Waals surface area (Å²) in [5.41, 5.74) is 7.14. The lowest BCUT2D eigenvalue weighted by atomic mass is 10.0. The molecule has 7 N–H and O–H groups in total. The van der Waals surface area contributed by atoms with E-state index < -0.39 is 42.4 Å². The Morgan fingerprint density at radius 2 is 1.86 bits per heavy atom. The molecule has 28 heavy (non-hydrogen) atoms. The molecule has 0 radical (unpaired) electrons. The summed E-state index contributed by atoms with van der Waals surface area (Å²) in [7, 11) is 0. The van der Waals surface area contributed by atoms with Gasteiger partial charge in [-0.05, 0) is 18.1 Å². The first-order chi connectivity index (χ1) is 13.3. The van der Waals surface area contributed by atoms with Crippen LogP contribution in [0.3, 0.4) is 0 Å². The van der Waals surface area contributed by atoms with Crippen molar-refractivity contribution in [3.8, 4) is 0 Å². The van der Waals surface area contributed by atoms with Gasteiger partial charge in [0.05, 0.1) is 12.6 Å². The smallest absolute Gasteiger partial charge is 0.326 e. The third-order valence-corrected chi connectivity index (χ3v) is 4.16. The normalized spacial score (nSPS) is 12.9. The van der Waals surface area contributed by atoms with Crippen LogP contribution < -0.4 is 16.4 Å². The number of benzene rings is 1. The zero-order valence-corrected chi connectivity index (χ0v) is 15.0. The van der Waals surface area contributed by atoms with Crippen molar-refractivity contribution in [2.75, 3.05) is 6.54 Å². The number of hydrogen-bond donors (Lipinski definition) is 6. The van der Waals surface area contributed by atoms with Gasteiger partial charge in [-0.25, -0.2) is 4.79 Å². The van der Waals surface area contributed by atoms with Gasteiger partial charge in [0.1, 0.15) is 6.04 Å². The van der Waals surface area contributed by atoms with E-state index >= 15 is 0 Å². The van der Waals surface area contributed by atoms with Crippen molar-refractivity contribution in [1.29, 1.82) is 0 Å². The number of H-pyrrole nitrogens is 1. The Balaban J connectivity index is 1.89. The van der Waals surface area contributed by atoms with Gasteiger partial charge >= 0.3 is 11.9 Å². The first-order valence-electron chi connectivity index (χ1n) is 8.60. The van der Waals surface area contributed by atoms with Crippen LogP contribution in [-0.2, 0) is 25.6 Å². The van der Waals surface area contributed by atoms with Crippen molar-refractivity contribution in [2.24, 2.45) is 5.73 Å². The average molecular weight is 390 g/mol. The Morgan fingerprint density at radius 3 is 2.54 bits per heavy atom. The van der Waals surface area contributed by atoms with E-state index in [9.17, 15) is 24.3 Å². The zero-order valence-electron chi connectivity index (χ0n) is 15.0. The monoisotopic (exact) mass is 390 g/mol. The van der Waals surface area contributed by atoms with Gasteiger partial charge in [-0.2, -0.15) is 0 Å². The highest BCUT2D eigenvalue weighted by molar-refractivity contribution is 5.90. The average Bonchev–Trinajstić information content (AvgIpc) is 3.06. The van der Waals surface area contributed by atoms with Gasteiger partial charge in [-0.3, -0.25) is 14.4 Å². The number of carbonyl (C=O) groups excluding carboxylic acids is 2. The molecule has 1 aromatic carbocycles. The number of rotatable bonds is 10. The standard InChI is InChI=1S/C18H22N4O6/c19-12(5-6-16(24)25)17(26)21-9-15(23)22-14(18(27)28)7-10-8-20-13-4-2-1-3-11(10)13/h1-4,8,12,14,20H,5-7,9,19H2,(H,21,26)(H,22,23)(H,24,25)(H,27,28)/t12-,14-/m0/s1. The lowest BCUT2D eigenvalue weighted by molar-refractivity contribution is -0.141. The number of nitrogens with two attached hydrogens (primary N) is 1. The number of carboxylic acids is 2. The summed E-state index contributed by atoms with van der Waals surface area (Å²) in [4.78, 5) is 48.8. The number of nitrogens with one attached hydrogen (secondary N) is 3. The fourth-order valence-electron chi connectivity index (χ4n) is 2.67. The predicted molar refractivity (Wildman–Crippen MR) is 99.4 cm³/mol. The van der Waals surface area contributed by atoms with Crippen LogP contribution in [0.1, 0.15) is 18.4 Å². The topological polar surface area (TPSA) is 175 Å². The molecule has 1 heterocycles. The van der Waals surface area contributed by atoms with E-state index in [1.54, 1.807) is 6.20 Å². The molecule has 0 bridgehead atoms. The second-order valence-electron chi connectivity index (χ2n) is 6.28. The number of carboxylic acid groups (broad SMARTS) is 2. The first kappa shape index (κ1) is 20.9. The van der Waals surface area contributed by atoms with E-state index in [0.29, 0.717) is 0 Å². The molecular weight excluding hydrogens is 368 g/mol. The Kier molecular flexibility index (Phi) is 7.10. The number of amides is 2. The van der Waals surface area contributed by atoms with Crippen LogP contribution in [0.4, 0.5) is 0 Å². The minimum Gasteiger partial charge on any atom is -0.481 e. The maximum Gasteiger partial charge on any atom is 0.326 e. The molecule has 10 nitrogen and oxygen atoms in total. The minimum atomic E-state index is -1.21. The van der Waals surface area contributed by atoms with Gasteiger partial charge in [0.2, 0.25) is 11.8 Å². The molecule has 0 spiro atoms. The van der Waals surface area contributed by atoms with Gasteiger partial charge < -0.3 is 31.6 Å². The van der Waals surface area contributed by atoms with Crippen molar-refractivity contribution in [1.82, 2.24) is 15.6 Å². The van der Waals surface area contributed by atoms with Gasteiger partial charge in [-0.15, -0.1) is 0 Å². The largest absolute Gasteiger partial charge is 0.481 e. The maximum atomic E-state index is 12.0. The van der Waals surface area contributed by atoms with Gasteiger partial charge in [0.15, 0.2) is 0 Å². The molecule has 2 amide bonds. The molecule has 150 valence electrons. The van der Waals surface area contributed by atoms with Crippen LogP contribution in [0.2, 0.25) is 0 Å². The molecule has 0 aliphatic rings. The number of hydrogen-bond acceptors (Lipinski definition) is 5. The Bertz CT molecular complexity index is 878. The van der Waals surface area contributed by atoms with E-state index in [4.69, 9.17) is 10.8 Å². The molecule has 0 saturated heterocycles. The summed E-state index contributed by atoms with van der Waals surface area (Å²) in [6.45, 7) is -0.461. The van der Waals surface area contributed by atoms with Gasteiger partial charge in [0.25, 0.3) is 0 Å². The highest BCUT2D eigenvalue weighted by Crippen LogP contribution is 2.19. The van der Waals surface area contributed by atoms with Crippen molar-refractivity contribution >= 4 is 34.7 Å². The zero-order chi connectivity index (χ0) is 20.7. The molecule has 2 aromatic rings. The second kappa shape index (κ2) is 9.51. The van der Waals surface area contributed by atoms with Crippen LogP contribution in [0.15, 0.2) is 30.5 Å². The highest BCUT2D eigenvalue weighted by atomic mass is 16.4. The van der Waals surface area contributed by atoms with E-state index in [2.05, 4.69) is 15.6 Å². The lowest BCUT2D eigenvalue weighted by Crippen LogP contribution is -2.49. The highest BCUT2D eigenvalue weighted by Gasteiger charge is 2.22. The number of aromatic amines is 1. The van der Waals surface area contributed by atoms with Gasteiger partial charge in [-0.1, -0.05) is 18.2 Å². The molecule has 0 aliphatic carbocycles. The van der Waals surface area contributed by atoms with E-state index in [0.717, 1.165) is 16.5 Å². The third-order valence-electron chi connectivity index (χ3n) is 4.16. The first-order valence-corrected chi connectivity index (χ1v) is 8.60. The Labute approximate surface area is 160 Å². The third kappa shape index (κ3) is 5.81. The maximum absolute atomic E-state index is 12.0. The molecule has 0 aliphatic heterocycles. The molecule has 10 heteroatoms. The van der Waals surface area contributed by atoms with Crippen LogP contribution in [0.25, 0.3) is 10.9 Å². The summed E-state index contributed by atoms with van der Waals surface area (Å²) in [6.07, 6.45) is 1.42. The van der Waals surface area contributed by atoms with Crippen molar-refractivity contribution < 1.29 is 29.4 Å².